The third kappa shape index (κ3) is 5.16. The van der Waals surface area contributed by atoms with E-state index in [1.165, 1.54) is 16.9 Å². The Morgan fingerprint density at radius 1 is 1.18 bits per heavy atom. The molecule has 0 aliphatic heterocycles. The Kier molecular flexibility index (Phi) is 7.85. The number of carbonyl (C=O) groups is 1. The Labute approximate surface area is 202 Å². The Hall–Kier alpha value is -2.61. The van der Waals surface area contributed by atoms with Crippen molar-refractivity contribution < 1.29 is 19.5 Å². The third-order valence-electron chi connectivity index (χ3n) is 5.76. The van der Waals surface area contributed by atoms with Crippen molar-refractivity contribution in [3.05, 3.63) is 81.7 Å². The summed E-state index contributed by atoms with van der Waals surface area (Å²) in [5.41, 5.74) is 4.85. The van der Waals surface area contributed by atoms with Crippen LogP contribution in [0.5, 0.6) is 5.75 Å². The molecule has 0 saturated heterocycles. The van der Waals surface area contributed by atoms with Crippen LogP contribution in [0.25, 0.3) is 0 Å². The zero-order chi connectivity index (χ0) is 23.2. The zero-order valence-corrected chi connectivity index (χ0v) is 20.4. The summed E-state index contributed by atoms with van der Waals surface area (Å²) in [6, 6.07) is 18.2. The van der Waals surface area contributed by atoms with Crippen LogP contribution in [-0.2, 0) is 10.5 Å². The second-order valence-electron chi connectivity index (χ2n) is 7.75. The molecular formula is C26H27NO4S2. The number of ketones is 1. The second-order valence-corrected chi connectivity index (χ2v) is 10.0. The maximum Gasteiger partial charge on any atom is 0.198 e. The number of hydrogen-bond acceptors (Lipinski definition) is 7. The lowest BCUT2D eigenvalue weighted by Gasteiger charge is -2.26. The third-order valence-corrected chi connectivity index (χ3v) is 8.35. The van der Waals surface area contributed by atoms with Crippen molar-refractivity contribution in [1.29, 1.82) is 0 Å². The van der Waals surface area contributed by atoms with Crippen LogP contribution in [0.15, 0.2) is 64.0 Å². The molecule has 172 valence electrons. The molecule has 0 bridgehead atoms. The molecule has 0 spiro atoms. The SMILES string of the molecule is CCOCC(=O)c1sc(SCc2ccccc2)c2c1C(c1ccc(OC)cc1)CC/C2=N\O. The maximum atomic E-state index is 13.2. The molecule has 5 nitrogen and oxygen atoms in total. The normalized spacial score (nSPS) is 16.5. The summed E-state index contributed by atoms with van der Waals surface area (Å²) in [6.45, 7) is 2.42. The summed E-state index contributed by atoms with van der Waals surface area (Å²) in [7, 11) is 1.65. The number of oxime groups is 1. The van der Waals surface area contributed by atoms with Gasteiger partial charge in [0.2, 0.25) is 0 Å². The highest BCUT2D eigenvalue weighted by molar-refractivity contribution is 8.00. The Balaban J connectivity index is 1.78. The van der Waals surface area contributed by atoms with E-state index in [1.807, 2.05) is 37.3 Å². The van der Waals surface area contributed by atoms with Gasteiger partial charge in [0, 0.05) is 23.8 Å². The fraction of sp³-hybridized carbons (Fsp3) is 0.308. The molecule has 1 aromatic heterocycles. The van der Waals surface area contributed by atoms with Gasteiger partial charge in [0.1, 0.15) is 12.4 Å². The van der Waals surface area contributed by atoms with Crippen LogP contribution in [0.3, 0.4) is 0 Å². The lowest BCUT2D eigenvalue weighted by atomic mass is 9.78. The number of Topliss-reactive ketones (excluding diaryl/α,β-unsaturated/α-hetero) is 1. The summed E-state index contributed by atoms with van der Waals surface area (Å²) in [5, 5.41) is 13.5. The molecule has 0 radical (unpaired) electrons. The predicted octanol–water partition coefficient (Wildman–Crippen LogP) is 6.37. The molecule has 33 heavy (non-hydrogen) atoms. The van der Waals surface area contributed by atoms with Gasteiger partial charge < -0.3 is 14.7 Å². The number of nitrogens with zero attached hydrogens (tertiary/aromatic N) is 1. The summed E-state index contributed by atoms with van der Waals surface area (Å²) in [5.74, 6) is 1.59. The van der Waals surface area contributed by atoms with Gasteiger partial charge in [-0.2, -0.15) is 0 Å². The number of benzene rings is 2. The van der Waals surface area contributed by atoms with Crippen molar-refractivity contribution in [2.75, 3.05) is 20.3 Å². The van der Waals surface area contributed by atoms with E-state index in [1.54, 1.807) is 18.9 Å². The van der Waals surface area contributed by atoms with E-state index in [2.05, 4.69) is 29.4 Å². The van der Waals surface area contributed by atoms with E-state index in [0.717, 1.165) is 38.8 Å². The number of ether oxygens (including phenoxy) is 2. The second kappa shape index (κ2) is 11.0. The summed E-state index contributed by atoms with van der Waals surface area (Å²) in [4.78, 5) is 13.9. The first-order valence-corrected chi connectivity index (χ1v) is 12.8. The molecule has 0 fully saturated rings. The number of fused-ring (bicyclic) bond motifs is 1. The van der Waals surface area contributed by atoms with Crippen LogP contribution in [0.1, 0.15) is 57.6 Å². The Morgan fingerprint density at radius 3 is 2.61 bits per heavy atom. The highest BCUT2D eigenvalue weighted by atomic mass is 32.2. The smallest absolute Gasteiger partial charge is 0.198 e. The van der Waals surface area contributed by atoms with Gasteiger partial charge in [0.25, 0.3) is 0 Å². The number of thioether (sulfide) groups is 1. The first kappa shape index (κ1) is 23.5. The van der Waals surface area contributed by atoms with Crippen molar-refractivity contribution in [3.8, 4) is 5.75 Å². The van der Waals surface area contributed by atoms with E-state index < -0.39 is 0 Å². The number of rotatable bonds is 9. The molecule has 1 aliphatic rings. The predicted molar refractivity (Wildman–Crippen MR) is 134 cm³/mol. The first-order chi connectivity index (χ1) is 16.2. The maximum absolute atomic E-state index is 13.2. The molecule has 0 amide bonds. The summed E-state index contributed by atoms with van der Waals surface area (Å²) in [6.07, 6.45) is 1.42. The summed E-state index contributed by atoms with van der Waals surface area (Å²) < 4.78 is 11.8. The fourth-order valence-corrected chi connectivity index (χ4v) is 6.71. The van der Waals surface area contributed by atoms with Gasteiger partial charge in [-0.05, 0) is 48.6 Å². The number of carbonyl (C=O) groups excluding carboxylic acids is 1. The minimum absolute atomic E-state index is 0.0256. The van der Waals surface area contributed by atoms with Crippen LogP contribution >= 0.6 is 23.1 Å². The van der Waals surface area contributed by atoms with Crippen LogP contribution in [0.4, 0.5) is 0 Å². The quantitative estimate of drug-likeness (QED) is 0.166. The first-order valence-electron chi connectivity index (χ1n) is 11.0. The molecule has 4 rings (SSSR count). The molecule has 2 aromatic carbocycles. The lowest BCUT2D eigenvalue weighted by molar-refractivity contribution is 0.0786. The average molecular weight is 482 g/mol. The standard InChI is InChI=1S/C26H27NO4S2/c1-3-31-15-22(28)25-23-20(18-9-11-19(30-2)12-10-18)13-14-21(27-29)24(23)26(33-25)32-16-17-7-5-4-6-8-17/h4-12,20,29H,3,13-16H2,1-2H3/b27-21+. The van der Waals surface area contributed by atoms with Gasteiger partial charge >= 0.3 is 0 Å². The van der Waals surface area contributed by atoms with Gasteiger partial charge in [0.15, 0.2) is 5.78 Å². The highest BCUT2D eigenvalue weighted by Gasteiger charge is 2.35. The van der Waals surface area contributed by atoms with Crippen LogP contribution in [0.2, 0.25) is 0 Å². The van der Waals surface area contributed by atoms with Gasteiger partial charge in [-0.3, -0.25) is 4.79 Å². The van der Waals surface area contributed by atoms with Gasteiger partial charge in [-0.1, -0.05) is 47.6 Å². The average Bonchev–Trinajstić information content (AvgIpc) is 3.26. The Morgan fingerprint density at radius 2 is 1.94 bits per heavy atom. The topological polar surface area (TPSA) is 68.1 Å². The molecule has 1 unspecified atom stereocenters. The van der Waals surface area contributed by atoms with E-state index >= 15 is 0 Å². The van der Waals surface area contributed by atoms with Crippen LogP contribution < -0.4 is 4.74 Å². The van der Waals surface area contributed by atoms with E-state index in [4.69, 9.17) is 9.47 Å². The number of methoxy groups -OCH3 is 1. The van der Waals surface area contributed by atoms with Crippen LogP contribution in [-0.4, -0.2) is 37.0 Å². The number of thiophene rings is 1. The molecular weight excluding hydrogens is 454 g/mol. The fourth-order valence-electron chi connectivity index (χ4n) is 4.14. The van der Waals surface area contributed by atoms with Gasteiger partial charge in [-0.15, -0.1) is 23.1 Å². The van der Waals surface area contributed by atoms with Crippen molar-refractivity contribution in [3.63, 3.8) is 0 Å². The van der Waals surface area contributed by atoms with Gasteiger partial charge in [0.05, 0.1) is 21.9 Å². The van der Waals surface area contributed by atoms with Crippen molar-refractivity contribution in [2.24, 2.45) is 5.16 Å². The van der Waals surface area contributed by atoms with Crippen molar-refractivity contribution in [1.82, 2.24) is 0 Å². The van der Waals surface area contributed by atoms with Crippen LogP contribution in [0, 0.1) is 0 Å². The lowest BCUT2D eigenvalue weighted by Crippen LogP contribution is -2.20. The minimum Gasteiger partial charge on any atom is -0.497 e. The molecule has 3 aromatic rings. The van der Waals surface area contributed by atoms with Gasteiger partial charge in [-0.25, -0.2) is 0 Å². The summed E-state index contributed by atoms with van der Waals surface area (Å²) >= 11 is 3.18. The molecule has 1 aliphatic carbocycles. The molecule has 7 heteroatoms. The van der Waals surface area contributed by atoms with Crippen molar-refractivity contribution >= 4 is 34.6 Å². The highest BCUT2D eigenvalue weighted by Crippen LogP contribution is 2.48. The number of hydrogen-bond donors (Lipinski definition) is 1. The zero-order valence-electron chi connectivity index (χ0n) is 18.7. The van der Waals surface area contributed by atoms with E-state index in [-0.39, 0.29) is 18.3 Å². The molecule has 0 saturated carbocycles. The van der Waals surface area contributed by atoms with E-state index in [9.17, 15) is 10.0 Å². The largest absolute Gasteiger partial charge is 0.497 e. The van der Waals surface area contributed by atoms with Crippen molar-refractivity contribution in [2.45, 2.75) is 35.6 Å². The Bertz CT molecular complexity index is 1120. The molecule has 1 heterocycles. The molecule has 1 atom stereocenters. The monoisotopic (exact) mass is 481 g/mol. The minimum atomic E-state index is -0.0256. The van der Waals surface area contributed by atoms with E-state index in [0.29, 0.717) is 23.6 Å². The molecule has 1 N–H and O–H groups in total.